The molecule has 11 nitrogen and oxygen atoms in total. The van der Waals surface area contributed by atoms with Gasteiger partial charge in [-0.1, -0.05) is 6.07 Å². The van der Waals surface area contributed by atoms with Crippen LogP contribution in [0.15, 0.2) is 53.4 Å². The number of methoxy groups -OCH3 is 1. The molecule has 1 aliphatic rings. The van der Waals surface area contributed by atoms with Crippen LogP contribution in [0.1, 0.15) is 28.8 Å². The predicted octanol–water partition coefficient (Wildman–Crippen LogP) is 2.50. The van der Waals surface area contributed by atoms with Crippen molar-refractivity contribution in [1.29, 1.82) is 0 Å². The topological polar surface area (TPSA) is 151 Å². The molecule has 0 amide bonds. The van der Waals surface area contributed by atoms with E-state index in [-0.39, 0.29) is 34.5 Å². The van der Waals surface area contributed by atoms with E-state index >= 15 is 0 Å². The van der Waals surface area contributed by atoms with Gasteiger partial charge in [0.15, 0.2) is 12.4 Å². The number of esters is 1. The number of nitrogens with one attached hydrogen (secondary N) is 1. The zero-order valence-corrected chi connectivity index (χ0v) is 19.7. The van der Waals surface area contributed by atoms with Crippen LogP contribution in [0.4, 0.5) is 5.69 Å². The van der Waals surface area contributed by atoms with Crippen LogP contribution in [-0.4, -0.2) is 58.1 Å². The highest BCUT2D eigenvalue weighted by atomic mass is 32.2. The number of ketones is 1. The molecule has 0 spiro atoms. The van der Waals surface area contributed by atoms with Gasteiger partial charge in [-0.05, 0) is 48.7 Å². The van der Waals surface area contributed by atoms with Gasteiger partial charge in [0, 0.05) is 36.9 Å². The van der Waals surface area contributed by atoms with E-state index in [4.69, 9.17) is 14.2 Å². The third-order valence-corrected chi connectivity index (χ3v) is 6.60. The van der Waals surface area contributed by atoms with Gasteiger partial charge in [-0.2, -0.15) is 0 Å². The zero-order chi connectivity index (χ0) is 25.4. The first-order chi connectivity index (χ1) is 16.7. The molecule has 0 aromatic heterocycles. The normalized spacial score (nSPS) is 15.7. The Labute approximate surface area is 201 Å². The first kappa shape index (κ1) is 26.0. The minimum Gasteiger partial charge on any atom is -0.495 e. The molecule has 186 valence electrons. The van der Waals surface area contributed by atoms with E-state index in [2.05, 4.69) is 4.72 Å². The fourth-order valence-electron chi connectivity index (χ4n) is 3.29. The summed E-state index contributed by atoms with van der Waals surface area (Å²) in [4.78, 5) is 34.1. The van der Waals surface area contributed by atoms with Crippen molar-refractivity contribution < 1.29 is 37.1 Å². The minimum absolute atomic E-state index is 0.0955. The molecule has 1 fully saturated rings. The second-order valence-corrected chi connectivity index (χ2v) is 9.30. The molecular weight excluding hydrogens is 480 g/mol. The number of ether oxygens (including phenoxy) is 3. The maximum absolute atomic E-state index is 12.8. The summed E-state index contributed by atoms with van der Waals surface area (Å²) in [6, 6.07) is 9.28. The van der Waals surface area contributed by atoms with Crippen LogP contribution in [-0.2, 0) is 24.3 Å². The summed E-state index contributed by atoms with van der Waals surface area (Å²) < 4.78 is 43.6. The number of sulfonamides is 1. The van der Waals surface area contributed by atoms with E-state index in [1.165, 1.54) is 49.6 Å². The lowest BCUT2D eigenvalue weighted by Crippen LogP contribution is -2.32. The number of nitro groups is 1. The number of hydrogen-bond donors (Lipinski definition) is 1. The van der Waals surface area contributed by atoms with Crippen molar-refractivity contribution >= 4 is 33.5 Å². The molecule has 35 heavy (non-hydrogen) atoms. The SMILES string of the molecule is COc1ccc(/C=C\C(=O)OCC(=O)c2ccc([N+](=O)[O-])cc2)cc1S(=O)(=O)NCC1CCCO1. The molecule has 1 heterocycles. The molecule has 1 aliphatic heterocycles. The Morgan fingerprint density at radius 1 is 1.23 bits per heavy atom. The molecule has 2 aromatic rings. The highest BCUT2D eigenvalue weighted by Crippen LogP contribution is 2.26. The van der Waals surface area contributed by atoms with Crippen molar-refractivity contribution in [2.24, 2.45) is 0 Å². The van der Waals surface area contributed by atoms with Crippen LogP contribution < -0.4 is 9.46 Å². The van der Waals surface area contributed by atoms with E-state index < -0.39 is 33.3 Å². The Morgan fingerprint density at radius 3 is 2.60 bits per heavy atom. The Balaban J connectivity index is 1.61. The maximum Gasteiger partial charge on any atom is 0.331 e. The van der Waals surface area contributed by atoms with Crippen molar-refractivity contribution in [3.63, 3.8) is 0 Å². The van der Waals surface area contributed by atoms with E-state index in [1.807, 2.05) is 0 Å². The number of nitrogens with zero attached hydrogens (tertiary/aromatic N) is 1. The average molecular weight is 505 g/mol. The quantitative estimate of drug-likeness (QED) is 0.160. The number of benzene rings is 2. The standard InChI is InChI=1S/C23H24N2O9S/c1-32-21-10-4-16(13-22(21)35(30,31)24-14-19-3-2-12-33-19)5-11-23(27)34-15-20(26)17-6-8-18(9-7-17)25(28)29/h4-11,13,19,24H,2-3,12,14-15H2,1H3/b11-5-. The van der Waals surface area contributed by atoms with Crippen molar-refractivity contribution in [1.82, 2.24) is 4.72 Å². The zero-order valence-electron chi connectivity index (χ0n) is 18.8. The monoisotopic (exact) mass is 504 g/mol. The van der Waals surface area contributed by atoms with Gasteiger partial charge in [0.1, 0.15) is 10.6 Å². The van der Waals surface area contributed by atoms with E-state index in [1.54, 1.807) is 6.07 Å². The third-order valence-electron chi connectivity index (χ3n) is 5.16. The van der Waals surface area contributed by atoms with Gasteiger partial charge in [0.25, 0.3) is 5.69 Å². The van der Waals surface area contributed by atoms with Gasteiger partial charge in [-0.15, -0.1) is 0 Å². The van der Waals surface area contributed by atoms with Crippen LogP contribution in [0.2, 0.25) is 0 Å². The van der Waals surface area contributed by atoms with Crippen molar-refractivity contribution in [2.75, 3.05) is 26.9 Å². The lowest BCUT2D eigenvalue weighted by atomic mass is 10.1. The van der Waals surface area contributed by atoms with Crippen molar-refractivity contribution in [3.05, 3.63) is 69.8 Å². The largest absolute Gasteiger partial charge is 0.495 e. The maximum atomic E-state index is 12.8. The Hall–Kier alpha value is -3.61. The van der Waals surface area contributed by atoms with Gasteiger partial charge >= 0.3 is 5.97 Å². The summed E-state index contributed by atoms with van der Waals surface area (Å²) in [7, 11) is -2.55. The highest BCUT2D eigenvalue weighted by molar-refractivity contribution is 7.89. The average Bonchev–Trinajstić information content (AvgIpc) is 3.38. The van der Waals surface area contributed by atoms with Gasteiger partial charge in [-0.25, -0.2) is 17.9 Å². The first-order valence-corrected chi connectivity index (χ1v) is 12.1. The van der Waals surface area contributed by atoms with Crippen LogP contribution in [0.25, 0.3) is 6.08 Å². The molecule has 1 atom stereocenters. The fourth-order valence-corrected chi connectivity index (χ4v) is 4.56. The number of carbonyl (C=O) groups excluding carboxylic acids is 2. The summed E-state index contributed by atoms with van der Waals surface area (Å²) in [5.74, 6) is -1.22. The molecule has 1 N–H and O–H groups in total. The predicted molar refractivity (Wildman–Crippen MR) is 125 cm³/mol. The molecule has 0 radical (unpaired) electrons. The molecule has 3 rings (SSSR count). The van der Waals surface area contributed by atoms with E-state index in [0.717, 1.165) is 18.9 Å². The van der Waals surface area contributed by atoms with E-state index in [0.29, 0.717) is 12.2 Å². The summed E-state index contributed by atoms with van der Waals surface area (Å²) in [5.41, 5.74) is 0.388. The second kappa shape index (κ2) is 11.7. The van der Waals surface area contributed by atoms with Gasteiger partial charge in [0.2, 0.25) is 10.0 Å². The number of hydrogen-bond acceptors (Lipinski definition) is 9. The molecule has 12 heteroatoms. The van der Waals surface area contributed by atoms with Gasteiger partial charge in [0.05, 0.1) is 18.1 Å². The molecule has 0 bridgehead atoms. The summed E-state index contributed by atoms with van der Waals surface area (Å²) >= 11 is 0. The minimum atomic E-state index is -3.90. The molecule has 0 saturated carbocycles. The third kappa shape index (κ3) is 7.18. The Morgan fingerprint density at radius 2 is 1.97 bits per heavy atom. The number of non-ortho nitro benzene ring substituents is 1. The summed E-state index contributed by atoms with van der Waals surface area (Å²) in [5, 5.41) is 10.7. The Kier molecular flexibility index (Phi) is 8.68. The fraction of sp³-hybridized carbons (Fsp3) is 0.304. The number of rotatable bonds is 11. The molecule has 1 saturated heterocycles. The second-order valence-electron chi connectivity index (χ2n) is 7.57. The lowest BCUT2D eigenvalue weighted by molar-refractivity contribution is -0.384. The van der Waals surface area contributed by atoms with E-state index in [9.17, 15) is 28.1 Å². The van der Waals surface area contributed by atoms with Crippen LogP contribution >= 0.6 is 0 Å². The van der Waals surface area contributed by atoms with Crippen LogP contribution in [0, 0.1) is 10.1 Å². The van der Waals surface area contributed by atoms with Crippen molar-refractivity contribution in [3.8, 4) is 5.75 Å². The smallest absolute Gasteiger partial charge is 0.331 e. The molecule has 0 aliphatic carbocycles. The lowest BCUT2D eigenvalue weighted by Gasteiger charge is -2.14. The summed E-state index contributed by atoms with van der Waals surface area (Å²) in [6.45, 7) is 0.183. The number of nitro benzene ring substituents is 1. The highest BCUT2D eigenvalue weighted by Gasteiger charge is 2.23. The number of Topliss-reactive ketones (excluding diaryl/α,β-unsaturated/α-hetero) is 1. The first-order valence-electron chi connectivity index (χ1n) is 10.6. The summed E-state index contributed by atoms with van der Waals surface area (Å²) in [6.07, 6.45) is 3.88. The molecular formula is C23H24N2O9S. The molecule has 2 aromatic carbocycles. The van der Waals surface area contributed by atoms with Gasteiger partial charge < -0.3 is 14.2 Å². The van der Waals surface area contributed by atoms with Crippen LogP contribution in [0.3, 0.4) is 0 Å². The van der Waals surface area contributed by atoms with Crippen molar-refractivity contribution in [2.45, 2.75) is 23.8 Å². The Bertz CT molecular complexity index is 1220. The number of carbonyl (C=O) groups is 2. The molecule has 1 unspecified atom stereocenters. The van der Waals surface area contributed by atoms with Gasteiger partial charge in [-0.3, -0.25) is 14.9 Å². The van der Waals surface area contributed by atoms with Crippen LogP contribution in [0.5, 0.6) is 5.75 Å².